The lowest BCUT2D eigenvalue weighted by Gasteiger charge is -2.13. The van der Waals surface area contributed by atoms with Crippen molar-refractivity contribution in [3.63, 3.8) is 0 Å². The van der Waals surface area contributed by atoms with Crippen molar-refractivity contribution >= 4 is 11.9 Å². The Morgan fingerprint density at radius 3 is 2.79 bits per heavy atom. The molecule has 1 rings (SSSR count). The Morgan fingerprint density at radius 1 is 1.57 bits per heavy atom. The van der Waals surface area contributed by atoms with Crippen molar-refractivity contribution in [1.29, 1.82) is 0 Å². The van der Waals surface area contributed by atoms with Crippen LogP contribution in [0.2, 0.25) is 0 Å². The molecule has 1 N–H and O–H groups in total. The van der Waals surface area contributed by atoms with Crippen molar-refractivity contribution in [1.82, 2.24) is 5.32 Å². The minimum atomic E-state index is -0.440. The Morgan fingerprint density at radius 2 is 2.29 bits per heavy atom. The van der Waals surface area contributed by atoms with Gasteiger partial charge in [0.25, 0.3) is 0 Å². The van der Waals surface area contributed by atoms with Gasteiger partial charge in [0, 0.05) is 6.61 Å². The van der Waals surface area contributed by atoms with Gasteiger partial charge >= 0.3 is 5.97 Å². The number of carbonyl (C=O) groups is 2. The minimum absolute atomic E-state index is 0.0624. The van der Waals surface area contributed by atoms with Gasteiger partial charge in [-0.1, -0.05) is 0 Å². The SMILES string of the molecule is COC(=O)CNC(=O)C1CCOC1C. The lowest BCUT2D eigenvalue weighted by Crippen LogP contribution is -2.37. The van der Waals surface area contributed by atoms with Crippen molar-refractivity contribution < 1.29 is 19.1 Å². The molecule has 0 bridgehead atoms. The third-order valence-electron chi connectivity index (χ3n) is 2.35. The maximum atomic E-state index is 11.5. The molecule has 2 atom stereocenters. The van der Waals surface area contributed by atoms with E-state index < -0.39 is 5.97 Å². The highest BCUT2D eigenvalue weighted by molar-refractivity contribution is 5.83. The van der Waals surface area contributed by atoms with Crippen LogP contribution in [0.25, 0.3) is 0 Å². The lowest BCUT2D eigenvalue weighted by atomic mass is 10.0. The van der Waals surface area contributed by atoms with Crippen LogP contribution < -0.4 is 5.32 Å². The number of carbonyl (C=O) groups excluding carboxylic acids is 2. The molecule has 2 unspecified atom stereocenters. The average Bonchev–Trinajstić information content (AvgIpc) is 2.60. The van der Waals surface area contributed by atoms with Crippen LogP contribution in [0.15, 0.2) is 0 Å². The van der Waals surface area contributed by atoms with E-state index in [9.17, 15) is 9.59 Å². The predicted octanol–water partition coefficient (Wildman–Crippen LogP) is -0.299. The third kappa shape index (κ3) is 2.70. The van der Waals surface area contributed by atoms with E-state index in [1.165, 1.54) is 7.11 Å². The van der Waals surface area contributed by atoms with E-state index in [0.717, 1.165) is 0 Å². The molecule has 1 amide bonds. The molecule has 0 saturated carbocycles. The quantitative estimate of drug-likeness (QED) is 0.637. The highest BCUT2D eigenvalue weighted by Crippen LogP contribution is 2.20. The highest BCUT2D eigenvalue weighted by Gasteiger charge is 2.30. The number of nitrogens with one attached hydrogen (secondary N) is 1. The van der Waals surface area contributed by atoms with Gasteiger partial charge < -0.3 is 14.8 Å². The van der Waals surface area contributed by atoms with Crippen LogP contribution in [0, 0.1) is 5.92 Å². The number of rotatable bonds is 3. The Kier molecular flexibility index (Phi) is 3.88. The number of methoxy groups -OCH3 is 1. The molecular weight excluding hydrogens is 186 g/mol. The van der Waals surface area contributed by atoms with Gasteiger partial charge in [-0.05, 0) is 13.3 Å². The molecule has 5 heteroatoms. The maximum absolute atomic E-state index is 11.5. The number of esters is 1. The topological polar surface area (TPSA) is 64.6 Å². The molecule has 0 aromatic heterocycles. The summed E-state index contributed by atoms with van der Waals surface area (Å²) in [4.78, 5) is 22.2. The molecule has 1 aliphatic heterocycles. The molecule has 0 spiro atoms. The van der Waals surface area contributed by atoms with Gasteiger partial charge in [-0.25, -0.2) is 0 Å². The largest absolute Gasteiger partial charge is 0.468 e. The summed E-state index contributed by atoms with van der Waals surface area (Å²) in [7, 11) is 1.29. The Balaban J connectivity index is 2.31. The van der Waals surface area contributed by atoms with Crippen molar-refractivity contribution in [2.45, 2.75) is 19.4 Å². The second kappa shape index (κ2) is 4.95. The first-order chi connectivity index (χ1) is 6.65. The van der Waals surface area contributed by atoms with Gasteiger partial charge in [0.2, 0.25) is 5.91 Å². The van der Waals surface area contributed by atoms with E-state index in [1.54, 1.807) is 0 Å². The second-order valence-corrected chi connectivity index (χ2v) is 3.27. The summed E-state index contributed by atoms with van der Waals surface area (Å²) in [5.41, 5.74) is 0. The monoisotopic (exact) mass is 201 g/mol. The van der Waals surface area contributed by atoms with Crippen LogP contribution in [-0.4, -0.2) is 38.2 Å². The fourth-order valence-electron chi connectivity index (χ4n) is 1.44. The number of hydrogen-bond acceptors (Lipinski definition) is 4. The van der Waals surface area contributed by atoms with Crippen LogP contribution in [-0.2, 0) is 19.1 Å². The number of amides is 1. The fourth-order valence-corrected chi connectivity index (χ4v) is 1.44. The molecule has 1 saturated heterocycles. The van der Waals surface area contributed by atoms with Crippen molar-refractivity contribution in [2.24, 2.45) is 5.92 Å². The van der Waals surface area contributed by atoms with Crippen molar-refractivity contribution in [3.8, 4) is 0 Å². The zero-order valence-electron chi connectivity index (χ0n) is 8.41. The molecule has 0 aliphatic carbocycles. The van der Waals surface area contributed by atoms with E-state index in [-0.39, 0.29) is 24.5 Å². The van der Waals surface area contributed by atoms with E-state index in [1.807, 2.05) is 6.92 Å². The predicted molar refractivity (Wildman–Crippen MR) is 48.5 cm³/mol. The van der Waals surface area contributed by atoms with E-state index in [2.05, 4.69) is 10.1 Å². The molecule has 80 valence electrons. The summed E-state index contributed by atoms with van der Waals surface area (Å²) >= 11 is 0. The molecule has 0 aromatic carbocycles. The molecule has 1 heterocycles. The Labute approximate surface area is 82.8 Å². The Hall–Kier alpha value is -1.10. The summed E-state index contributed by atoms with van der Waals surface area (Å²) in [6.07, 6.45) is 0.654. The molecule has 0 radical (unpaired) electrons. The maximum Gasteiger partial charge on any atom is 0.325 e. The molecular formula is C9H15NO4. The van der Waals surface area contributed by atoms with Gasteiger partial charge in [-0.2, -0.15) is 0 Å². The Bertz CT molecular complexity index is 229. The number of ether oxygens (including phenoxy) is 2. The molecule has 1 fully saturated rings. The van der Waals surface area contributed by atoms with Gasteiger partial charge in [0.1, 0.15) is 6.54 Å². The fraction of sp³-hybridized carbons (Fsp3) is 0.778. The average molecular weight is 201 g/mol. The van der Waals surface area contributed by atoms with Crippen LogP contribution >= 0.6 is 0 Å². The van der Waals surface area contributed by atoms with Gasteiger partial charge in [-0.15, -0.1) is 0 Å². The second-order valence-electron chi connectivity index (χ2n) is 3.27. The highest BCUT2D eigenvalue weighted by atomic mass is 16.5. The molecule has 0 aromatic rings. The standard InChI is InChI=1S/C9H15NO4/c1-6-7(3-4-14-6)9(12)10-5-8(11)13-2/h6-7H,3-5H2,1-2H3,(H,10,12). The van der Waals surface area contributed by atoms with E-state index >= 15 is 0 Å². The summed E-state index contributed by atoms with van der Waals surface area (Å²) in [6.45, 7) is 2.39. The third-order valence-corrected chi connectivity index (χ3v) is 2.35. The van der Waals surface area contributed by atoms with Crippen LogP contribution in [0.4, 0.5) is 0 Å². The molecule has 14 heavy (non-hydrogen) atoms. The first kappa shape index (κ1) is 11.0. The summed E-state index contributed by atoms with van der Waals surface area (Å²) in [6, 6.07) is 0. The molecule has 5 nitrogen and oxygen atoms in total. The zero-order valence-corrected chi connectivity index (χ0v) is 8.41. The van der Waals surface area contributed by atoms with Crippen LogP contribution in [0.5, 0.6) is 0 Å². The smallest absolute Gasteiger partial charge is 0.325 e. The van der Waals surface area contributed by atoms with Crippen LogP contribution in [0.1, 0.15) is 13.3 Å². The lowest BCUT2D eigenvalue weighted by molar-refractivity contribution is -0.141. The summed E-state index contributed by atoms with van der Waals surface area (Å²) in [5, 5.41) is 2.51. The molecule has 1 aliphatic rings. The minimum Gasteiger partial charge on any atom is -0.468 e. The van der Waals surface area contributed by atoms with E-state index in [0.29, 0.717) is 13.0 Å². The van der Waals surface area contributed by atoms with Crippen LogP contribution in [0.3, 0.4) is 0 Å². The van der Waals surface area contributed by atoms with Crippen molar-refractivity contribution in [2.75, 3.05) is 20.3 Å². The summed E-state index contributed by atoms with van der Waals surface area (Å²) < 4.78 is 9.65. The zero-order chi connectivity index (χ0) is 10.6. The van der Waals surface area contributed by atoms with Crippen molar-refractivity contribution in [3.05, 3.63) is 0 Å². The number of hydrogen-bond donors (Lipinski definition) is 1. The van der Waals surface area contributed by atoms with Gasteiger partial charge in [-0.3, -0.25) is 9.59 Å². The normalized spacial score (nSPS) is 25.9. The first-order valence-corrected chi connectivity index (χ1v) is 4.61. The first-order valence-electron chi connectivity index (χ1n) is 4.61. The van der Waals surface area contributed by atoms with E-state index in [4.69, 9.17) is 4.74 Å². The summed E-state index contributed by atoms with van der Waals surface area (Å²) in [5.74, 6) is -0.718. The van der Waals surface area contributed by atoms with Gasteiger partial charge in [0.05, 0.1) is 19.1 Å². The van der Waals surface area contributed by atoms with Gasteiger partial charge in [0.15, 0.2) is 0 Å².